The number of halogens is 1. The maximum Gasteiger partial charge on any atom is 0.187 e. The van der Waals surface area contributed by atoms with Crippen molar-refractivity contribution < 1.29 is 10.2 Å². The van der Waals surface area contributed by atoms with E-state index in [-0.39, 0.29) is 11.5 Å². The zero-order valence-electron chi connectivity index (χ0n) is 10.7. The summed E-state index contributed by atoms with van der Waals surface area (Å²) in [5.74, 6) is -0.309. The third-order valence-electron chi connectivity index (χ3n) is 2.85. The molecule has 1 aromatic heterocycles. The topological polar surface area (TPSA) is 65.4 Å². The van der Waals surface area contributed by atoms with Gasteiger partial charge < -0.3 is 15.5 Å². The van der Waals surface area contributed by atoms with Gasteiger partial charge in [-0.2, -0.15) is 0 Å². The predicted molar refractivity (Wildman–Crippen MR) is 85.6 cm³/mol. The molecule has 21 heavy (non-hydrogen) atoms. The fourth-order valence-electron chi connectivity index (χ4n) is 1.84. The van der Waals surface area contributed by atoms with E-state index < -0.39 is 0 Å². The monoisotopic (exact) mass is 318 g/mol. The van der Waals surface area contributed by atoms with Crippen LogP contribution in [0.4, 0.5) is 10.8 Å². The van der Waals surface area contributed by atoms with Crippen molar-refractivity contribution in [2.45, 2.75) is 0 Å². The van der Waals surface area contributed by atoms with Crippen LogP contribution in [0.1, 0.15) is 0 Å². The Morgan fingerprint density at radius 1 is 1.05 bits per heavy atom. The molecule has 106 valence electrons. The predicted octanol–water partition coefficient (Wildman–Crippen LogP) is 4.62. The SMILES string of the molecule is Oc1ccc(-c2csc(Nc3cccc(Cl)c3)n2)cc1O. The van der Waals surface area contributed by atoms with Gasteiger partial charge in [-0.1, -0.05) is 17.7 Å². The van der Waals surface area contributed by atoms with Gasteiger partial charge in [-0.05, 0) is 36.4 Å². The first-order valence-electron chi connectivity index (χ1n) is 6.12. The fraction of sp³-hybridized carbons (Fsp3) is 0. The Bertz CT molecular complexity index is 789. The van der Waals surface area contributed by atoms with Crippen LogP contribution in [0.3, 0.4) is 0 Å². The van der Waals surface area contributed by atoms with Crippen LogP contribution in [-0.4, -0.2) is 15.2 Å². The lowest BCUT2D eigenvalue weighted by Gasteiger charge is -2.02. The molecule has 2 aromatic carbocycles. The summed E-state index contributed by atoms with van der Waals surface area (Å²) in [7, 11) is 0. The van der Waals surface area contributed by atoms with Crippen LogP contribution < -0.4 is 5.32 Å². The number of hydrogen-bond donors (Lipinski definition) is 3. The highest BCUT2D eigenvalue weighted by molar-refractivity contribution is 7.14. The summed E-state index contributed by atoms with van der Waals surface area (Å²) in [6, 6.07) is 12.0. The van der Waals surface area contributed by atoms with Crippen molar-refractivity contribution in [3.63, 3.8) is 0 Å². The minimum Gasteiger partial charge on any atom is -0.504 e. The fourth-order valence-corrected chi connectivity index (χ4v) is 2.77. The molecule has 0 aliphatic rings. The van der Waals surface area contributed by atoms with Gasteiger partial charge >= 0.3 is 0 Å². The summed E-state index contributed by atoms with van der Waals surface area (Å²) in [6.45, 7) is 0. The van der Waals surface area contributed by atoms with Crippen LogP contribution in [0.25, 0.3) is 11.3 Å². The molecule has 0 saturated heterocycles. The molecule has 3 rings (SSSR count). The van der Waals surface area contributed by atoms with E-state index >= 15 is 0 Å². The van der Waals surface area contributed by atoms with Crippen molar-refractivity contribution in [2.24, 2.45) is 0 Å². The van der Waals surface area contributed by atoms with Crippen molar-refractivity contribution in [1.82, 2.24) is 4.98 Å². The average Bonchev–Trinajstić information content (AvgIpc) is 2.90. The number of nitrogens with one attached hydrogen (secondary N) is 1. The molecule has 6 heteroatoms. The number of phenolic OH excluding ortho intramolecular Hbond substituents is 2. The molecule has 0 aliphatic heterocycles. The van der Waals surface area contributed by atoms with E-state index in [0.717, 1.165) is 22.1 Å². The summed E-state index contributed by atoms with van der Waals surface area (Å²) < 4.78 is 0. The number of anilines is 2. The number of thiazole rings is 1. The first-order chi connectivity index (χ1) is 10.1. The molecule has 0 unspecified atom stereocenters. The molecule has 3 N–H and O–H groups in total. The van der Waals surface area contributed by atoms with Crippen LogP contribution in [0.5, 0.6) is 11.5 Å². The minimum atomic E-state index is -0.162. The largest absolute Gasteiger partial charge is 0.504 e. The quantitative estimate of drug-likeness (QED) is 0.617. The lowest BCUT2D eigenvalue weighted by molar-refractivity contribution is 0.404. The van der Waals surface area contributed by atoms with Crippen LogP contribution >= 0.6 is 22.9 Å². The molecule has 1 heterocycles. The normalized spacial score (nSPS) is 10.5. The number of rotatable bonds is 3. The Kier molecular flexibility index (Phi) is 3.68. The number of aromatic hydroxyl groups is 2. The molecule has 4 nitrogen and oxygen atoms in total. The highest BCUT2D eigenvalue weighted by Crippen LogP contribution is 2.32. The molecular weight excluding hydrogens is 308 g/mol. The van der Waals surface area contributed by atoms with Gasteiger partial charge in [0, 0.05) is 21.7 Å². The van der Waals surface area contributed by atoms with Gasteiger partial charge in [0.25, 0.3) is 0 Å². The van der Waals surface area contributed by atoms with E-state index in [4.69, 9.17) is 11.6 Å². The van der Waals surface area contributed by atoms with Crippen LogP contribution in [0.2, 0.25) is 5.02 Å². The summed E-state index contributed by atoms with van der Waals surface area (Å²) in [5, 5.41) is 25.3. The van der Waals surface area contributed by atoms with E-state index in [0.29, 0.717) is 5.02 Å². The Morgan fingerprint density at radius 3 is 2.67 bits per heavy atom. The van der Waals surface area contributed by atoms with E-state index in [9.17, 15) is 10.2 Å². The highest BCUT2D eigenvalue weighted by atomic mass is 35.5. The Hall–Kier alpha value is -2.24. The molecule has 0 amide bonds. The number of phenols is 2. The summed E-state index contributed by atoms with van der Waals surface area (Å²) in [5.41, 5.74) is 2.32. The standard InChI is InChI=1S/C15H11ClN2O2S/c16-10-2-1-3-11(7-10)17-15-18-12(8-21-15)9-4-5-13(19)14(20)6-9/h1-8,19-20H,(H,17,18). The van der Waals surface area contributed by atoms with E-state index in [2.05, 4.69) is 10.3 Å². The lowest BCUT2D eigenvalue weighted by Crippen LogP contribution is -1.89. The zero-order chi connectivity index (χ0) is 14.8. The first kappa shape index (κ1) is 13.7. The zero-order valence-corrected chi connectivity index (χ0v) is 12.3. The summed E-state index contributed by atoms with van der Waals surface area (Å²) in [6.07, 6.45) is 0. The summed E-state index contributed by atoms with van der Waals surface area (Å²) in [4.78, 5) is 4.45. The second kappa shape index (κ2) is 5.63. The van der Waals surface area contributed by atoms with E-state index in [1.807, 2.05) is 23.6 Å². The highest BCUT2D eigenvalue weighted by Gasteiger charge is 2.07. The van der Waals surface area contributed by atoms with Gasteiger partial charge in [0.05, 0.1) is 5.69 Å². The number of nitrogens with zero attached hydrogens (tertiary/aromatic N) is 1. The van der Waals surface area contributed by atoms with Crippen molar-refractivity contribution in [2.75, 3.05) is 5.32 Å². The van der Waals surface area contributed by atoms with Crippen LogP contribution in [0, 0.1) is 0 Å². The molecule has 0 atom stereocenters. The smallest absolute Gasteiger partial charge is 0.187 e. The molecule has 0 saturated carbocycles. The molecule has 3 aromatic rings. The second-order valence-corrected chi connectivity index (χ2v) is 5.67. The van der Waals surface area contributed by atoms with Gasteiger partial charge in [-0.3, -0.25) is 0 Å². The third kappa shape index (κ3) is 3.09. The maximum absolute atomic E-state index is 9.53. The Labute approximate surface area is 130 Å². The lowest BCUT2D eigenvalue weighted by atomic mass is 10.1. The number of aromatic nitrogens is 1. The van der Waals surface area contributed by atoms with Crippen molar-refractivity contribution in [3.8, 4) is 22.8 Å². The van der Waals surface area contributed by atoms with Crippen LogP contribution in [-0.2, 0) is 0 Å². The van der Waals surface area contributed by atoms with Gasteiger partial charge in [0.1, 0.15) is 0 Å². The minimum absolute atomic E-state index is 0.147. The first-order valence-corrected chi connectivity index (χ1v) is 7.38. The van der Waals surface area contributed by atoms with Crippen LogP contribution in [0.15, 0.2) is 47.8 Å². The molecule has 0 bridgehead atoms. The maximum atomic E-state index is 9.53. The van der Waals surface area contributed by atoms with E-state index in [1.54, 1.807) is 12.1 Å². The Morgan fingerprint density at radius 2 is 1.90 bits per heavy atom. The summed E-state index contributed by atoms with van der Waals surface area (Å²) >= 11 is 7.38. The molecule has 0 spiro atoms. The average molecular weight is 319 g/mol. The van der Waals surface area contributed by atoms with Gasteiger partial charge in [-0.15, -0.1) is 11.3 Å². The molecule has 0 aliphatic carbocycles. The molecule has 0 fully saturated rings. The van der Waals surface area contributed by atoms with Gasteiger partial charge in [0.15, 0.2) is 16.6 Å². The van der Waals surface area contributed by atoms with Crippen molar-refractivity contribution in [1.29, 1.82) is 0 Å². The van der Waals surface area contributed by atoms with E-state index in [1.165, 1.54) is 23.5 Å². The van der Waals surface area contributed by atoms with Gasteiger partial charge in [0.2, 0.25) is 0 Å². The Balaban J connectivity index is 1.84. The number of benzene rings is 2. The molecule has 0 radical (unpaired) electrons. The molecular formula is C15H11ClN2O2S. The van der Waals surface area contributed by atoms with Gasteiger partial charge in [-0.25, -0.2) is 4.98 Å². The number of hydrogen-bond acceptors (Lipinski definition) is 5. The second-order valence-electron chi connectivity index (χ2n) is 4.38. The van der Waals surface area contributed by atoms with Crippen molar-refractivity contribution in [3.05, 3.63) is 52.9 Å². The van der Waals surface area contributed by atoms with Crippen molar-refractivity contribution >= 4 is 33.8 Å². The third-order valence-corrected chi connectivity index (χ3v) is 3.84.